The number of nitriles is 1. The average Bonchev–Trinajstić information content (AvgIpc) is 3.72. The first-order valence-corrected chi connectivity index (χ1v) is 15.3. The molecule has 1 aromatic carbocycles. The van der Waals surface area contributed by atoms with Crippen molar-refractivity contribution in [1.29, 1.82) is 5.26 Å². The molecule has 1 spiro atoms. The van der Waals surface area contributed by atoms with Gasteiger partial charge in [0.15, 0.2) is 17.3 Å². The monoisotopic (exact) mass is 553 g/mol. The van der Waals surface area contributed by atoms with Gasteiger partial charge in [-0.2, -0.15) is 10.2 Å². The van der Waals surface area contributed by atoms with Crippen molar-refractivity contribution in [3.05, 3.63) is 46.2 Å². The lowest BCUT2D eigenvalue weighted by Gasteiger charge is -2.33. The standard InChI is InChI=1S/C32H39N7O2/c1-20(25-9-7-15-38(25)2)40-27-18-26(39-16-4-3-5-17-39)35-31(36-27)29-22-8-6-13-32(30(22)41-37-29)14-12-21-10-11-24(34)23(19-33)28(21)32/h10-11,18,20,25H,3-9,12-17,34H2,1-2H3/t20-,25-,32-/m0/s1. The van der Waals surface area contributed by atoms with E-state index in [9.17, 15) is 5.26 Å². The number of fused-ring (bicyclic) bond motifs is 4. The molecule has 4 heterocycles. The lowest BCUT2D eigenvalue weighted by molar-refractivity contribution is 0.117. The van der Waals surface area contributed by atoms with E-state index in [0.29, 0.717) is 34.7 Å². The van der Waals surface area contributed by atoms with Crippen LogP contribution >= 0.6 is 0 Å². The number of anilines is 2. The Bertz CT molecular complexity index is 1500. The molecule has 4 aliphatic rings. The molecule has 3 atom stereocenters. The van der Waals surface area contributed by atoms with E-state index in [1.54, 1.807) is 0 Å². The summed E-state index contributed by atoms with van der Waals surface area (Å²) in [6, 6.07) is 8.70. The summed E-state index contributed by atoms with van der Waals surface area (Å²) in [7, 11) is 2.17. The third kappa shape index (κ3) is 4.35. The van der Waals surface area contributed by atoms with Gasteiger partial charge in [-0.1, -0.05) is 11.2 Å². The molecule has 0 unspecified atom stereocenters. The highest BCUT2D eigenvalue weighted by Crippen LogP contribution is 2.54. The van der Waals surface area contributed by atoms with Crippen molar-refractivity contribution < 1.29 is 9.26 Å². The van der Waals surface area contributed by atoms with Crippen molar-refractivity contribution in [3.63, 3.8) is 0 Å². The summed E-state index contributed by atoms with van der Waals surface area (Å²) >= 11 is 0. The largest absolute Gasteiger partial charge is 0.473 e. The fraction of sp³-hybridized carbons (Fsp3) is 0.562. The Morgan fingerprint density at radius 1 is 1.10 bits per heavy atom. The number of nitrogens with zero attached hydrogens (tertiary/aromatic N) is 6. The quantitative estimate of drug-likeness (QED) is 0.435. The van der Waals surface area contributed by atoms with E-state index in [2.05, 4.69) is 41.1 Å². The molecule has 41 heavy (non-hydrogen) atoms. The fourth-order valence-electron chi connectivity index (χ4n) is 7.92. The molecule has 0 saturated carbocycles. The van der Waals surface area contributed by atoms with Crippen LogP contribution in [-0.2, 0) is 18.3 Å². The normalized spacial score (nSPS) is 24.7. The number of rotatable bonds is 5. The molecular formula is C32H39N7O2. The third-order valence-corrected chi connectivity index (χ3v) is 9.99. The Morgan fingerprint density at radius 2 is 1.95 bits per heavy atom. The first kappa shape index (κ1) is 26.3. The molecule has 214 valence electrons. The van der Waals surface area contributed by atoms with Gasteiger partial charge in [-0.15, -0.1) is 0 Å². The van der Waals surface area contributed by atoms with Crippen molar-refractivity contribution in [2.45, 2.75) is 88.7 Å². The van der Waals surface area contributed by atoms with Crippen LogP contribution < -0.4 is 15.4 Å². The smallest absolute Gasteiger partial charge is 0.219 e. The van der Waals surface area contributed by atoms with Crippen LogP contribution in [0.2, 0.25) is 0 Å². The molecular weight excluding hydrogens is 514 g/mol. The average molecular weight is 554 g/mol. The molecule has 2 aromatic heterocycles. The van der Waals surface area contributed by atoms with Gasteiger partial charge < -0.3 is 19.9 Å². The van der Waals surface area contributed by atoms with Crippen LogP contribution in [0.3, 0.4) is 0 Å². The highest BCUT2D eigenvalue weighted by Gasteiger charge is 2.49. The summed E-state index contributed by atoms with van der Waals surface area (Å²) in [6.45, 7) is 5.20. The van der Waals surface area contributed by atoms with E-state index in [1.165, 1.54) is 18.4 Å². The minimum Gasteiger partial charge on any atom is -0.473 e. The minimum absolute atomic E-state index is 0.0128. The molecule has 3 aromatic rings. The second-order valence-corrected chi connectivity index (χ2v) is 12.4. The van der Waals surface area contributed by atoms with E-state index in [4.69, 9.17) is 25.0 Å². The number of benzene rings is 1. The summed E-state index contributed by atoms with van der Waals surface area (Å²) in [5.41, 5.74) is 11.0. The van der Waals surface area contributed by atoms with Gasteiger partial charge in [-0.3, -0.25) is 4.90 Å². The number of likely N-dealkylation sites (tertiary alicyclic amines) is 1. The Morgan fingerprint density at radius 3 is 2.73 bits per heavy atom. The lowest BCUT2D eigenvalue weighted by atomic mass is 9.68. The van der Waals surface area contributed by atoms with Crippen molar-refractivity contribution in [2.75, 3.05) is 37.3 Å². The molecule has 2 fully saturated rings. The first-order valence-electron chi connectivity index (χ1n) is 15.3. The maximum Gasteiger partial charge on any atom is 0.219 e. The molecule has 0 amide bonds. The Labute approximate surface area is 241 Å². The fourth-order valence-corrected chi connectivity index (χ4v) is 7.92. The van der Waals surface area contributed by atoms with Crippen molar-refractivity contribution in [2.24, 2.45) is 0 Å². The molecule has 2 aliphatic carbocycles. The molecule has 9 nitrogen and oxygen atoms in total. The van der Waals surface area contributed by atoms with E-state index < -0.39 is 0 Å². The van der Waals surface area contributed by atoms with Gasteiger partial charge in [-0.05, 0) is 102 Å². The molecule has 0 radical (unpaired) electrons. The minimum atomic E-state index is -0.389. The van der Waals surface area contributed by atoms with Gasteiger partial charge in [0.1, 0.15) is 18.0 Å². The highest BCUT2D eigenvalue weighted by molar-refractivity contribution is 5.68. The Balaban J connectivity index is 1.30. The number of hydrogen-bond acceptors (Lipinski definition) is 9. The summed E-state index contributed by atoms with van der Waals surface area (Å²) in [4.78, 5) is 14.7. The zero-order valence-electron chi connectivity index (χ0n) is 24.2. The lowest BCUT2D eigenvalue weighted by Crippen LogP contribution is -2.38. The maximum absolute atomic E-state index is 10.1. The van der Waals surface area contributed by atoms with E-state index >= 15 is 0 Å². The van der Waals surface area contributed by atoms with E-state index in [1.807, 2.05) is 12.1 Å². The number of nitrogen functional groups attached to an aromatic ring is 1. The number of piperidine rings is 1. The number of nitrogens with two attached hydrogens (primary N) is 1. The molecule has 9 heteroatoms. The second kappa shape index (κ2) is 10.3. The van der Waals surface area contributed by atoms with Gasteiger partial charge in [0.2, 0.25) is 5.88 Å². The molecule has 7 rings (SSSR count). The van der Waals surface area contributed by atoms with Gasteiger partial charge in [0.25, 0.3) is 0 Å². The number of hydrogen-bond donors (Lipinski definition) is 1. The number of aromatic nitrogens is 3. The molecule has 2 N–H and O–H groups in total. The van der Waals surface area contributed by atoms with E-state index in [0.717, 1.165) is 93.7 Å². The second-order valence-electron chi connectivity index (χ2n) is 12.4. The summed E-state index contributed by atoms with van der Waals surface area (Å²) in [6.07, 6.45) is 10.4. The van der Waals surface area contributed by atoms with E-state index in [-0.39, 0.29) is 11.5 Å². The predicted octanol–water partition coefficient (Wildman–Crippen LogP) is 5.01. The number of ether oxygens (including phenoxy) is 1. The third-order valence-electron chi connectivity index (χ3n) is 9.99. The van der Waals surface area contributed by atoms with Crippen LogP contribution in [-0.4, -0.2) is 58.9 Å². The Kier molecular flexibility index (Phi) is 6.61. The number of aryl methyl sites for hydroxylation is 1. The molecule has 2 saturated heterocycles. The van der Waals surface area contributed by atoms with Crippen molar-refractivity contribution >= 4 is 11.5 Å². The van der Waals surface area contributed by atoms with Crippen molar-refractivity contribution in [1.82, 2.24) is 20.0 Å². The zero-order chi connectivity index (χ0) is 28.1. The zero-order valence-corrected chi connectivity index (χ0v) is 24.2. The van der Waals surface area contributed by atoms with Crippen LogP contribution in [0.5, 0.6) is 5.88 Å². The molecule has 2 aliphatic heterocycles. The predicted molar refractivity (Wildman–Crippen MR) is 157 cm³/mol. The van der Waals surface area contributed by atoms with Crippen LogP contribution in [0, 0.1) is 11.3 Å². The topological polar surface area (TPSA) is 117 Å². The van der Waals surface area contributed by atoms with Gasteiger partial charge >= 0.3 is 0 Å². The van der Waals surface area contributed by atoms with Crippen molar-refractivity contribution in [3.8, 4) is 23.5 Å². The van der Waals surface area contributed by atoms with Crippen LogP contribution in [0.25, 0.3) is 11.5 Å². The van der Waals surface area contributed by atoms with Gasteiger partial charge in [0.05, 0.1) is 11.0 Å². The summed E-state index contributed by atoms with van der Waals surface area (Å²) < 4.78 is 12.8. The number of likely N-dealkylation sites (N-methyl/N-ethyl adjacent to an activating group) is 1. The summed E-state index contributed by atoms with van der Waals surface area (Å²) in [5, 5.41) is 14.7. The van der Waals surface area contributed by atoms with Crippen LogP contribution in [0.1, 0.15) is 86.3 Å². The highest BCUT2D eigenvalue weighted by atomic mass is 16.5. The first-order chi connectivity index (χ1) is 20.0. The Hall–Kier alpha value is -3.64. The molecule has 0 bridgehead atoms. The van der Waals surface area contributed by atoms with Gasteiger partial charge in [0, 0.05) is 36.4 Å². The van der Waals surface area contributed by atoms with Gasteiger partial charge in [-0.25, -0.2) is 4.98 Å². The summed E-state index contributed by atoms with van der Waals surface area (Å²) in [5.74, 6) is 2.90. The SMILES string of the molecule is C[C@H](Oc1cc(N2CCCCC2)nc(-c2noc3c2CCC[C@@]32CCc3ccc(N)c(C#N)c32)n1)[C@@H]1CCCN1C. The van der Waals surface area contributed by atoms with Crippen LogP contribution in [0.15, 0.2) is 22.7 Å². The van der Waals surface area contributed by atoms with Crippen LogP contribution in [0.4, 0.5) is 11.5 Å². The maximum atomic E-state index is 10.1.